The van der Waals surface area contributed by atoms with Crippen LogP contribution in [0.25, 0.3) is 0 Å². The van der Waals surface area contributed by atoms with E-state index in [2.05, 4.69) is 21.8 Å². The second-order valence-electron chi connectivity index (χ2n) is 4.44. The van der Waals surface area contributed by atoms with Crippen LogP contribution in [0.15, 0.2) is 27.3 Å². The Bertz CT molecular complexity index is 675. The summed E-state index contributed by atoms with van der Waals surface area (Å²) >= 11 is 1.12. The zero-order valence-electron chi connectivity index (χ0n) is 11.9. The molecule has 2 heterocycles. The van der Waals surface area contributed by atoms with E-state index in [1.54, 1.807) is 6.92 Å². The van der Waals surface area contributed by atoms with Crippen LogP contribution in [0.2, 0.25) is 0 Å². The highest BCUT2D eigenvalue weighted by Crippen LogP contribution is 2.21. The Morgan fingerprint density at radius 1 is 1.50 bits per heavy atom. The number of hydrogen-bond acceptors (Lipinski definition) is 7. The lowest BCUT2D eigenvalue weighted by atomic mass is 9.97. The van der Waals surface area contributed by atoms with Crippen molar-refractivity contribution in [1.82, 2.24) is 15.1 Å². The molecule has 0 fully saturated rings. The molecule has 22 heavy (non-hydrogen) atoms. The van der Waals surface area contributed by atoms with Crippen LogP contribution in [0, 0.1) is 17.2 Å². The molecule has 0 radical (unpaired) electrons. The molecule has 8 nitrogen and oxygen atoms in total. The van der Waals surface area contributed by atoms with Gasteiger partial charge in [-0.25, -0.2) is 9.79 Å². The highest BCUT2D eigenvalue weighted by atomic mass is 32.2. The van der Waals surface area contributed by atoms with Crippen molar-refractivity contribution in [2.24, 2.45) is 10.9 Å². The van der Waals surface area contributed by atoms with Crippen LogP contribution >= 0.6 is 11.8 Å². The smallest absolute Gasteiger partial charge is 0.350 e. The van der Waals surface area contributed by atoms with Gasteiger partial charge in [0.15, 0.2) is 0 Å². The molecule has 1 aromatic rings. The molecule has 0 saturated carbocycles. The summed E-state index contributed by atoms with van der Waals surface area (Å²) in [6.07, 6.45) is 1.63. The number of carbonyl (C=O) groups is 2. The lowest BCUT2D eigenvalue weighted by Crippen LogP contribution is -2.46. The first-order chi connectivity index (χ1) is 10.6. The molecule has 9 heteroatoms. The van der Waals surface area contributed by atoms with Gasteiger partial charge in [-0.15, -0.1) is 16.8 Å². The van der Waals surface area contributed by atoms with Gasteiger partial charge in [0.1, 0.15) is 0 Å². The van der Waals surface area contributed by atoms with E-state index < -0.39 is 11.9 Å². The molecule has 0 spiro atoms. The van der Waals surface area contributed by atoms with Crippen molar-refractivity contribution < 1.29 is 14.0 Å². The molecule has 3 amide bonds. The summed E-state index contributed by atoms with van der Waals surface area (Å²) in [5, 5.41) is 16.4. The lowest BCUT2D eigenvalue weighted by Gasteiger charge is -2.26. The largest absolute Gasteiger partial charge is 0.416 e. The quantitative estimate of drug-likeness (QED) is 0.576. The zero-order chi connectivity index (χ0) is 16.1. The Balaban J connectivity index is 2.14. The van der Waals surface area contributed by atoms with Gasteiger partial charge in [0.25, 0.3) is 5.22 Å². The molecule has 1 atom stereocenters. The predicted molar refractivity (Wildman–Crippen MR) is 78.2 cm³/mol. The molecule has 0 aliphatic carbocycles. The molecule has 0 saturated heterocycles. The number of rotatable bonds is 6. The summed E-state index contributed by atoms with van der Waals surface area (Å²) in [6.45, 7) is 5.25. The highest BCUT2D eigenvalue weighted by molar-refractivity contribution is 7.99. The Hall–Kier alpha value is -2.47. The minimum Gasteiger partial charge on any atom is -0.416 e. The van der Waals surface area contributed by atoms with Crippen molar-refractivity contribution >= 4 is 29.4 Å². The van der Waals surface area contributed by atoms with Crippen LogP contribution in [0.1, 0.15) is 12.8 Å². The third-order valence-corrected chi connectivity index (χ3v) is 3.66. The Labute approximate surface area is 130 Å². The molecule has 1 unspecified atom stereocenters. The first-order valence-electron chi connectivity index (χ1n) is 6.40. The molecular formula is C13H13N5O3S. The molecule has 1 aliphatic heterocycles. The third kappa shape index (κ3) is 3.40. The number of aromatic nitrogens is 2. The number of urea groups is 1. The van der Waals surface area contributed by atoms with E-state index in [1.165, 1.54) is 6.08 Å². The van der Waals surface area contributed by atoms with Gasteiger partial charge in [-0.3, -0.25) is 9.69 Å². The summed E-state index contributed by atoms with van der Waals surface area (Å²) in [5.74, 6) is -0.512. The van der Waals surface area contributed by atoms with Crippen LogP contribution in [-0.4, -0.2) is 45.0 Å². The van der Waals surface area contributed by atoms with Gasteiger partial charge < -0.3 is 4.42 Å². The molecule has 0 bridgehead atoms. The Kier molecular flexibility index (Phi) is 5.06. The number of nitriles is 1. The second kappa shape index (κ2) is 7.00. The SMILES string of the molecule is C=CCN1C(=O)N=C(C)C(Cc2nnc(SCC#N)o2)C1=O. The molecular weight excluding hydrogens is 306 g/mol. The number of thioether (sulfide) groups is 1. The second-order valence-corrected chi connectivity index (χ2v) is 5.37. The van der Waals surface area contributed by atoms with Gasteiger partial charge in [0, 0.05) is 18.7 Å². The van der Waals surface area contributed by atoms with Gasteiger partial charge in [0.2, 0.25) is 11.8 Å². The molecule has 0 N–H and O–H groups in total. The maximum Gasteiger partial charge on any atom is 0.350 e. The number of carbonyl (C=O) groups excluding carboxylic acids is 2. The fourth-order valence-corrected chi connectivity index (χ4v) is 2.37. The van der Waals surface area contributed by atoms with Crippen molar-refractivity contribution in [3.05, 3.63) is 18.5 Å². The van der Waals surface area contributed by atoms with Crippen molar-refractivity contribution in [2.45, 2.75) is 18.6 Å². The summed E-state index contributed by atoms with van der Waals surface area (Å²) in [7, 11) is 0. The zero-order valence-corrected chi connectivity index (χ0v) is 12.7. The van der Waals surface area contributed by atoms with Crippen LogP contribution in [-0.2, 0) is 11.2 Å². The van der Waals surface area contributed by atoms with E-state index in [1.807, 2.05) is 6.07 Å². The molecule has 114 valence electrons. The minimum absolute atomic E-state index is 0.109. The fourth-order valence-electron chi connectivity index (χ4n) is 1.93. The van der Waals surface area contributed by atoms with E-state index in [4.69, 9.17) is 9.68 Å². The van der Waals surface area contributed by atoms with E-state index in [9.17, 15) is 9.59 Å². The van der Waals surface area contributed by atoms with Gasteiger partial charge in [-0.1, -0.05) is 17.8 Å². The number of amides is 3. The normalized spacial score (nSPS) is 18.1. The highest BCUT2D eigenvalue weighted by Gasteiger charge is 2.36. The van der Waals surface area contributed by atoms with Crippen molar-refractivity contribution in [1.29, 1.82) is 5.26 Å². The molecule has 0 aromatic carbocycles. The average Bonchev–Trinajstić information content (AvgIpc) is 2.93. The van der Waals surface area contributed by atoms with E-state index in [0.29, 0.717) is 5.71 Å². The van der Waals surface area contributed by atoms with Gasteiger partial charge in [0.05, 0.1) is 17.7 Å². The maximum absolute atomic E-state index is 12.4. The maximum atomic E-state index is 12.4. The van der Waals surface area contributed by atoms with Crippen LogP contribution in [0.5, 0.6) is 0 Å². The topological polar surface area (TPSA) is 112 Å². The Morgan fingerprint density at radius 3 is 2.95 bits per heavy atom. The number of aliphatic imine (C=N–C) groups is 1. The van der Waals surface area contributed by atoms with Gasteiger partial charge >= 0.3 is 6.03 Å². The van der Waals surface area contributed by atoms with Crippen LogP contribution in [0.3, 0.4) is 0 Å². The standard InChI is InChI=1S/C13H13N5O3S/c1-3-5-18-11(19)9(8(2)15-12(18)20)7-10-16-17-13(21-10)22-6-4-14/h3,9H,1,5-7H2,2H3. The summed E-state index contributed by atoms with van der Waals surface area (Å²) in [5.41, 5.74) is 0.416. The summed E-state index contributed by atoms with van der Waals surface area (Å²) < 4.78 is 5.37. The molecule has 1 aliphatic rings. The van der Waals surface area contributed by atoms with Crippen molar-refractivity contribution in [3.63, 3.8) is 0 Å². The van der Waals surface area contributed by atoms with Crippen LogP contribution < -0.4 is 0 Å². The Morgan fingerprint density at radius 2 is 2.27 bits per heavy atom. The first-order valence-corrected chi connectivity index (χ1v) is 7.39. The third-order valence-electron chi connectivity index (χ3n) is 2.97. The predicted octanol–water partition coefficient (Wildman–Crippen LogP) is 1.45. The van der Waals surface area contributed by atoms with Gasteiger partial charge in [-0.05, 0) is 6.92 Å². The summed E-state index contributed by atoms with van der Waals surface area (Å²) in [6, 6.07) is 1.37. The minimum atomic E-state index is -0.619. The lowest BCUT2D eigenvalue weighted by molar-refractivity contribution is -0.130. The van der Waals surface area contributed by atoms with Gasteiger partial charge in [-0.2, -0.15) is 5.26 Å². The van der Waals surface area contributed by atoms with Crippen LogP contribution in [0.4, 0.5) is 4.79 Å². The van der Waals surface area contributed by atoms with E-state index >= 15 is 0 Å². The van der Waals surface area contributed by atoms with E-state index in [-0.39, 0.29) is 35.7 Å². The van der Waals surface area contributed by atoms with E-state index in [0.717, 1.165) is 16.7 Å². The number of nitrogens with zero attached hydrogens (tertiary/aromatic N) is 5. The monoisotopic (exact) mass is 319 g/mol. The molecule has 2 rings (SSSR count). The number of hydrogen-bond donors (Lipinski definition) is 0. The fraction of sp³-hybridized carbons (Fsp3) is 0.385. The van der Waals surface area contributed by atoms with Crippen molar-refractivity contribution in [3.8, 4) is 6.07 Å². The summed E-state index contributed by atoms with van der Waals surface area (Å²) in [4.78, 5) is 29.0. The average molecular weight is 319 g/mol. The number of imide groups is 1. The molecule has 1 aromatic heterocycles. The first kappa shape index (κ1) is 15.9. The van der Waals surface area contributed by atoms with Crippen molar-refractivity contribution in [2.75, 3.05) is 12.3 Å².